The molecule has 6 heteroatoms. The summed E-state index contributed by atoms with van der Waals surface area (Å²) in [4.78, 5) is 22.9. The molecule has 6 nitrogen and oxygen atoms in total. The van der Waals surface area contributed by atoms with E-state index in [-0.39, 0.29) is 16.8 Å². The van der Waals surface area contributed by atoms with Gasteiger partial charge in [-0.05, 0) is 30.3 Å². The van der Waals surface area contributed by atoms with Crippen molar-refractivity contribution in [3.05, 3.63) is 59.2 Å². The molecule has 0 saturated heterocycles. The molecule has 2 rings (SSSR count). The summed E-state index contributed by atoms with van der Waals surface area (Å²) in [5.41, 5.74) is 0.237. The Kier molecular flexibility index (Phi) is 3.86. The Morgan fingerprint density at radius 3 is 2.52 bits per heavy atom. The maximum absolute atomic E-state index is 12.0. The van der Waals surface area contributed by atoms with Gasteiger partial charge in [-0.2, -0.15) is 5.26 Å². The first-order chi connectivity index (χ1) is 10.0. The number of carboxylic acids is 1. The standard InChI is InChI=1S/C15H10N2O4/c16-8-9-3-1-4-10(7-9)14(19)17-12-6-2-5-11(13(12)18)15(20)21/h1-7,18H,(H,17,19)(H,20,21). The normalized spacial score (nSPS) is 9.67. The lowest BCUT2D eigenvalue weighted by molar-refractivity contribution is 0.0693. The lowest BCUT2D eigenvalue weighted by atomic mass is 10.1. The third-order valence-electron chi connectivity index (χ3n) is 2.77. The lowest BCUT2D eigenvalue weighted by Crippen LogP contribution is -2.13. The van der Waals surface area contributed by atoms with E-state index < -0.39 is 17.6 Å². The van der Waals surface area contributed by atoms with E-state index in [9.17, 15) is 14.7 Å². The fraction of sp³-hybridized carbons (Fsp3) is 0. The van der Waals surface area contributed by atoms with Crippen LogP contribution in [0.5, 0.6) is 5.75 Å². The first-order valence-electron chi connectivity index (χ1n) is 5.89. The zero-order chi connectivity index (χ0) is 15.4. The quantitative estimate of drug-likeness (QED) is 0.747. The zero-order valence-electron chi connectivity index (χ0n) is 10.7. The number of hydrogen-bond donors (Lipinski definition) is 3. The number of rotatable bonds is 3. The van der Waals surface area contributed by atoms with Gasteiger partial charge in [0.15, 0.2) is 5.75 Å². The largest absolute Gasteiger partial charge is 0.505 e. The second-order valence-corrected chi connectivity index (χ2v) is 4.15. The van der Waals surface area contributed by atoms with E-state index in [0.717, 1.165) is 0 Å². The topological polar surface area (TPSA) is 110 Å². The average Bonchev–Trinajstić information content (AvgIpc) is 2.49. The van der Waals surface area contributed by atoms with E-state index >= 15 is 0 Å². The molecule has 0 aliphatic carbocycles. The Morgan fingerprint density at radius 2 is 1.86 bits per heavy atom. The van der Waals surface area contributed by atoms with E-state index in [0.29, 0.717) is 5.56 Å². The molecule has 0 aliphatic rings. The highest BCUT2D eigenvalue weighted by Crippen LogP contribution is 2.27. The number of amides is 1. The summed E-state index contributed by atoms with van der Waals surface area (Å²) >= 11 is 0. The molecule has 0 heterocycles. The molecule has 0 atom stereocenters. The van der Waals surface area contributed by atoms with Crippen molar-refractivity contribution >= 4 is 17.6 Å². The Balaban J connectivity index is 2.30. The van der Waals surface area contributed by atoms with Crippen molar-refractivity contribution in [3.63, 3.8) is 0 Å². The number of aromatic carboxylic acids is 1. The fourth-order valence-corrected chi connectivity index (χ4v) is 1.74. The van der Waals surface area contributed by atoms with Gasteiger partial charge in [0.2, 0.25) is 0 Å². The molecule has 2 aromatic carbocycles. The number of phenols is 1. The van der Waals surface area contributed by atoms with Crippen LogP contribution in [0, 0.1) is 11.3 Å². The van der Waals surface area contributed by atoms with Crippen molar-refractivity contribution in [2.24, 2.45) is 0 Å². The van der Waals surface area contributed by atoms with Gasteiger partial charge in [-0.25, -0.2) is 4.79 Å². The van der Waals surface area contributed by atoms with E-state index in [1.165, 1.54) is 30.3 Å². The summed E-state index contributed by atoms with van der Waals surface area (Å²) in [6.07, 6.45) is 0. The summed E-state index contributed by atoms with van der Waals surface area (Å²) in [5.74, 6) is -2.37. The number of para-hydroxylation sites is 1. The van der Waals surface area contributed by atoms with E-state index in [4.69, 9.17) is 10.4 Å². The summed E-state index contributed by atoms with van der Waals surface area (Å²) in [6, 6.07) is 11.9. The molecule has 0 unspecified atom stereocenters. The van der Waals surface area contributed by atoms with Gasteiger partial charge in [0.1, 0.15) is 5.56 Å². The van der Waals surface area contributed by atoms with Crippen molar-refractivity contribution < 1.29 is 19.8 Å². The Bertz CT molecular complexity index is 763. The summed E-state index contributed by atoms with van der Waals surface area (Å²) in [5, 5.41) is 29.9. The van der Waals surface area contributed by atoms with Crippen molar-refractivity contribution in [1.29, 1.82) is 5.26 Å². The van der Waals surface area contributed by atoms with Gasteiger partial charge in [0.25, 0.3) is 5.91 Å². The maximum Gasteiger partial charge on any atom is 0.339 e. The van der Waals surface area contributed by atoms with Gasteiger partial charge in [-0.3, -0.25) is 4.79 Å². The third kappa shape index (κ3) is 2.98. The van der Waals surface area contributed by atoms with Crippen molar-refractivity contribution in [2.75, 3.05) is 5.32 Å². The van der Waals surface area contributed by atoms with Crippen LogP contribution in [0.3, 0.4) is 0 Å². The summed E-state index contributed by atoms with van der Waals surface area (Å²) in [6.45, 7) is 0. The first kappa shape index (κ1) is 14.1. The maximum atomic E-state index is 12.0. The van der Waals surface area contributed by atoms with Crippen LogP contribution in [0.25, 0.3) is 0 Å². The number of anilines is 1. The second-order valence-electron chi connectivity index (χ2n) is 4.15. The molecule has 0 spiro atoms. The smallest absolute Gasteiger partial charge is 0.339 e. The Hall–Kier alpha value is -3.33. The molecular weight excluding hydrogens is 272 g/mol. The number of aromatic hydroxyl groups is 1. The van der Waals surface area contributed by atoms with Crippen LogP contribution in [0.15, 0.2) is 42.5 Å². The van der Waals surface area contributed by atoms with Crippen LogP contribution < -0.4 is 5.32 Å². The highest BCUT2D eigenvalue weighted by Gasteiger charge is 2.15. The van der Waals surface area contributed by atoms with Gasteiger partial charge in [-0.1, -0.05) is 12.1 Å². The van der Waals surface area contributed by atoms with Gasteiger partial charge < -0.3 is 15.5 Å². The van der Waals surface area contributed by atoms with Crippen LogP contribution in [0.4, 0.5) is 5.69 Å². The molecule has 0 fully saturated rings. The number of hydrogen-bond acceptors (Lipinski definition) is 4. The molecule has 0 radical (unpaired) electrons. The molecule has 0 aliphatic heterocycles. The lowest BCUT2D eigenvalue weighted by Gasteiger charge is -2.09. The molecule has 21 heavy (non-hydrogen) atoms. The number of nitrogens with one attached hydrogen (secondary N) is 1. The van der Waals surface area contributed by atoms with Gasteiger partial charge in [0, 0.05) is 5.56 Å². The van der Waals surface area contributed by atoms with Crippen LogP contribution in [-0.2, 0) is 0 Å². The number of carbonyl (C=O) groups is 2. The monoisotopic (exact) mass is 282 g/mol. The Labute approximate surface area is 119 Å². The van der Waals surface area contributed by atoms with Gasteiger partial charge in [-0.15, -0.1) is 0 Å². The SMILES string of the molecule is N#Cc1cccc(C(=O)Nc2cccc(C(=O)O)c2O)c1. The molecule has 3 N–H and O–H groups in total. The predicted molar refractivity (Wildman–Crippen MR) is 74.2 cm³/mol. The van der Waals surface area contributed by atoms with Crippen molar-refractivity contribution in [3.8, 4) is 11.8 Å². The van der Waals surface area contributed by atoms with Crippen LogP contribution >= 0.6 is 0 Å². The minimum absolute atomic E-state index is 0.0118. The van der Waals surface area contributed by atoms with Crippen LogP contribution in [0.2, 0.25) is 0 Å². The van der Waals surface area contributed by atoms with Gasteiger partial charge in [0.05, 0.1) is 17.3 Å². The molecule has 0 bridgehead atoms. The van der Waals surface area contributed by atoms with Crippen molar-refractivity contribution in [1.82, 2.24) is 0 Å². The zero-order valence-corrected chi connectivity index (χ0v) is 10.7. The minimum Gasteiger partial charge on any atom is -0.505 e. The molecule has 0 saturated carbocycles. The summed E-state index contributed by atoms with van der Waals surface area (Å²) in [7, 11) is 0. The van der Waals surface area contributed by atoms with E-state index in [1.54, 1.807) is 12.1 Å². The second kappa shape index (κ2) is 5.75. The fourth-order valence-electron chi connectivity index (χ4n) is 1.74. The van der Waals surface area contributed by atoms with Crippen LogP contribution in [-0.4, -0.2) is 22.1 Å². The molecule has 104 valence electrons. The van der Waals surface area contributed by atoms with Crippen LogP contribution in [0.1, 0.15) is 26.3 Å². The average molecular weight is 282 g/mol. The molecule has 2 aromatic rings. The number of nitriles is 1. The van der Waals surface area contributed by atoms with Crippen molar-refractivity contribution in [2.45, 2.75) is 0 Å². The predicted octanol–water partition coefficient (Wildman–Crippen LogP) is 2.21. The molecule has 1 amide bonds. The van der Waals surface area contributed by atoms with E-state index in [2.05, 4.69) is 5.32 Å². The summed E-state index contributed by atoms with van der Waals surface area (Å²) < 4.78 is 0. The first-order valence-corrected chi connectivity index (χ1v) is 5.89. The highest BCUT2D eigenvalue weighted by atomic mass is 16.4. The van der Waals surface area contributed by atoms with E-state index in [1.807, 2.05) is 6.07 Å². The highest BCUT2D eigenvalue weighted by molar-refractivity contribution is 6.06. The number of carbonyl (C=O) groups excluding carboxylic acids is 1. The third-order valence-corrected chi connectivity index (χ3v) is 2.77. The number of benzene rings is 2. The molecular formula is C15H10N2O4. The molecule has 0 aromatic heterocycles. The number of carboxylic acid groups (broad SMARTS) is 1. The Morgan fingerprint density at radius 1 is 1.14 bits per heavy atom. The minimum atomic E-state index is -1.30. The number of nitrogens with zero attached hydrogens (tertiary/aromatic N) is 1. The van der Waals surface area contributed by atoms with Gasteiger partial charge >= 0.3 is 5.97 Å².